The summed E-state index contributed by atoms with van der Waals surface area (Å²) in [7, 11) is -3.64. The van der Waals surface area contributed by atoms with Gasteiger partial charge in [-0.3, -0.25) is 9.69 Å². The highest BCUT2D eigenvalue weighted by atomic mass is 32.2. The Morgan fingerprint density at radius 1 is 1.13 bits per heavy atom. The molecule has 8 nitrogen and oxygen atoms in total. The van der Waals surface area contributed by atoms with Crippen molar-refractivity contribution in [1.82, 2.24) is 14.5 Å². The van der Waals surface area contributed by atoms with Crippen molar-refractivity contribution in [2.24, 2.45) is 0 Å². The third-order valence-corrected chi connectivity index (χ3v) is 8.35. The molecule has 31 heavy (non-hydrogen) atoms. The molecule has 0 saturated carbocycles. The molecular formula is C21H27N3O5S2. The first-order valence-corrected chi connectivity index (χ1v) is 12.7. The number of nitrogens with one attached hydrogen (secondary N) is 1. The highest BCUT2D eigenvalue weighted by Gasteiger charge is 2.30. The minimum atomic E-state index is -3.64. The maximum absolute atomic E-state index is 13.1. The zero-order valence-corrected chi connectivity index (χ0v) is 19.1. The van der Waals surface area contributed by atoms with E-state index in [1.807, 2.05) is 29.3 Å². The van der Waals surface area contributed by atoms with Gasteiger partial charge in [-0.2, -0.15) is 4.31 Å². The number of carbonyl (C=O) groups excluding carboxylic acids is 1. The molecule has 1 aromatic heterocycles. The van der Waals surface area contributed by atoms with Crippen molar-refractivity contribution in [2.45, 2.75) is 24.3 Å². The third-order valence-electron chi connectivity index (χ3n) is 5.40. The van der Waals surface area contributed by atoms with Crippen molar-refractivity contribution in [3.05, 3.63) is 40.6 Å². The van der Waals surface area contributed by atoms with Crippen molar-refractivity contribution in [2.75, 3.05) is 45.9 Å². The largest absolute Gasteiger partial charge is 0.490 e. The van der Waals surface area contributed by atoms with Crippen LogP contribution in [0.1, 0.15) is 24.3 Å². The van der Waals surface area contributed by atoms with Gasteiger partial charge in [0.25, 0.3) is 0 Å². The second kappa shape index (κ2) is 9.56. The van der Waals surface area contributed by atoms with Crippen LogP contribution in [0.3, 0.4) is 0 Å². The molecule has 3 heterocycles. The number of nitrogens with zero attached hydrogens (tertiary/aromatic N) is 2. The Balaban J connectivity index is 1.32. The molecule has 10 heteroatoms. The monoisotopic (exact) mass is 465 g/mol. The van der Waals surface area contributed by atoms with E-state index in [9.17, 15) is 13.2 Å². The fourth-order valence-electron chi connectivity index (χ4n) is 3.68. The second-order valence-electron chi connectivity index (χ2n) is 7.64. The van der Waals surface area contributed by atoms with Gasteiger partial charge in [0.05, 0.1) is 30.7 Å². The highest BCUT2D eigenvalue weighted by molar-refractivity contribution is 7.89. The van der Waals surface area contributed by atoms with Gasteiger partial charge in [0, 0.05) is 43.5 Å². The molecule has 1 fully saturated rings. The lowest BCUT2D eigenvalue weighted by atomic mass is 10.2. The van der Waals surface area contributed by atoms with Gasteiger partial charge in [-0.15, -0.1) is 11.3 Å². The Bertz CT molecular complexity index is 1000. The van der Waals surface area contributed by atoms with Gasteiger partial charge in [-0.1, -0.05) is 6.07 Å². The number of fused-ring (bicyclic) bond motifs is 1. The van der Waals surface area contributed by atoms with Crippen molar-refractivity contribution in [3.63, 3.8) is 0 Å². The predicted octanol–water partition coefficient (Wildman–Crippen LogP) is 2.09. The van der Waals surface area contributed by atoms with Gasteiger partial charge < -0.3 is 14.8 Å². The average molecular weight is 466 g/mol. The fraction of sp³-hybridized carbons (Fsp3) is 0.476. The van der Waals surface area contributed by atoms with E-state index in [0.29, 0.717) is 50.9 Å². The first-order chi connectivity index (χ1) is 14.9. The van der Waals surface area contributed by atoms with E-state index >= 15 is 0 Å². The number of rotatable bonds is 6. The van der Waals surface area contributed by atoms with Gasteiger partial charge in [0.15, 0.2) is 11.5 Å². The van der Waals surface area contributed by atoms with Crippen molar-refractivity contribution < 1.29 is 22.7 Å². The van der Waals surface area contributed by atoms with Crippen LogP contribution in [-0.2, 0) is 14.8 Å². The number of thiophene rings is 1. The van der Waals surface area contributed by atoms with Gasteiger partial charge in [-0.05, 0) is 30.5 Å². The molecule has 4 rings (SSSR count). The van der Waals surface area contributed by atoms with Crippen LogP contribution in [0.15, 0.2) is 40.6 Å². The molecule has 2 aliphatic heterocycles. The summed E-state index contributed by atoms with van der Waals surface area (Å²) in [6, 6.07) is 8.69. The maximum atomic E-state index is 13.1. The number of ether oxygens (including phenoxy) is 2. The average Bonchev–Trinajstić information content (AvgIpc) is 3.19. The predicted molar refractivity (Wildman–Crippen MR) is 118 cm³/mol. The molecule has 1 amide bonds. The minimum absolute atomic E-state index is 0.0337. The van der Waals surface area contributed by atoms with Crippen LogP contribution in [0, 0.1) is 0 Å². The quantitative estimate of drug-likeness (QED) is 0.703. The first kappa shape index (κ1) is 22.1. The number of hydrogen-bond donors (Lipinski definition) is 1. The Morgan fingerprint density at radius 3 is 2.58 bits per heavy atom. The van der Waals surface area contributed by atoms with E-state index in [-0.39, 0.29) is 23.4 Å². The molecule has 1 atom stereocenters. The molecular weight excluding hydrogens is 438 g/mol. The van der Waals surface area contributed by atoms with E-state index in [0.717, 1.165) is 11.3 Å². The van der Waals surface area contributed by atoms with E-state index in [1.165, 1.54) is 4.31 Å². The smallest absolute Gasteiger partial charge is 0.243 e. The normalized spacial score (nSPS) is 18.9. The Morgan fingerprint density at radius 2 is 1.87 bits per heavy atom. The van der Waals surface area contributed by atoms with Crippen molar-refractivity contribution in [3.8, 4) is 11.5 Å². The number of amides is 1. The Hall–Kier alpha value is -2.14. The lowest BCUT2D eigenvalue weighted by Gasteiger charge is -2.33. The molecule has 1 unspecified atom stereocenters. The van der Waals surface area contributed by atoms with E-state index in [1.54, 1.807) is 29.5 Å². The van der Waals surface area contributed by atoms with Crippen molar-refractivity contribution in [1.29, 1.82) is 0 Å². The zero-order valence-electron chi connectivity index (χ0n) is 17.5. The Kier molecular flexibility index (Phi) is 6.80. The van der Waals surface area contributed by atoms with Crippen LogP contribution >= 0.6 is 11.3 Å². The summed E-state index contributed by atoms with van der Waals surface area (Å²) >= 11 is 1.61. The summed E-state index contributed by atoms with van der Waals surface area (Å²) < 4.78 is 38.9. The maximum Gasteiger partial charge on any atom is 0.243 e. The van der Waals surface area contributed by atoms with Gasteiger partial charge >= 0.3 is 0 Å². The Labute approximate surface area is 186 Å². The summed E-state index contributed by atoms with van der Waals surface area (Å²) in [4.78, 5) is 15.7. The van der Waals surface area contributed by atoms with Crippen LogP contribution in [0.25, 0.3) is 0 Å². The van der Waals surface area contributed by atoms with Crippen LogP contribution in [0.5, 0.6) is 11.5 Å². The molecule has 2 aromatic rings. The van der Waals surface area contributed by atoms with Gasteiger partial charge in [0.2, 0.25) is 15.9 Å². The highest BCUT2D eigenvalue weighted by Crippen LogP contribution is 2.33. The standard InChI is InChI=1S/C21H27N3O5S2/c1-16(20-4-2-13-30-20)22-21(25)15-23-7-9-24(10-8-23)31(26,27)17-5-6-18-19(14-17)29-12-3-11-28-18/h2,4-6,13-14,16H,3,7-12,15H2,1H3,(H,22,25). The summed E-state index contributed by atoms with van der Waals surface area (Å²) in [5.41, 5.74) is 0. The van der Waals surface area contributed by atoms with Gasteiger partial charge in [-0.25, -0.2) is 8.42 Å². The van der Waals surface area contributed by atoms with Gasteiger partial charge in [0.1, 0.15) is 0 Å². The second-order valence-corrected chi connectivity index (χ2v) is 10.6. The van der Waals surface area contributed by atoms with Crippen molar-refractivity contribution >= 4 is 27.3 Å². The molecule has 0 bridgehead atoms. The van der Waals surface area contributed by atoms with Crippen LogP contribution < -0.4 is 14.8 Å². The number of piperazine rings is 1. The summed E-state index contributed by atoms with van der Waals surface area (Å²) in [5.74, 6) is 0.984. The molecule has 2 aliphatic rings. The minimum Gasteiger partial charge on any atom is -0.490 e. The number of carbonyl (C=O) groups is 1. The van der Waals surface area contributed by atoms with Crippen LogP contribution in [0.2, 0.25) is 0 Å². The summed E-state index contributed by atoms with van der Waals surface area (Å²) in [6.45, 7) is 4.96. The molecule has 0 spiro atoms. The lowest BCUT2D eigenvalue weighted by molar-refractivity contribution is -0.123. The first-order valence-electron chi connectivity index (χ1n) is 10.4. The number of benzene rings is 1. The lowest BCUT2D eigenvalue weighted by Crippen LogP contribution is -2.51. The molecule has 0 radical (unpaired) electrons. The molecule has 168 valence electrons. The topological polar surface area (TPSA) is 88.2 Å². The third kappa shape index (κ3) is 5.20. The van der Waals surface area contributed by atoms with Crippen LogP contribution in [0.4, 0.5) is 0 Å². The van der Waals surface area contributed by atoms with E-state index in [2.05, 4.69) is 5.32 Å². The SMILES string of the molecule is CC(NC(=O)CN1CCN(S(=O)(=O)c2ccc3c(c2)OCCCO3)CC1)c1cccs1. The molecule has 1 aromatic carbocycles. The van der Waals surface area contributed by atoms with Crippen LogP contribution in [-0.4, -0.2) is 69.5 Å². The van der Waals surface area contributed by atoms with E-state index in [4.69, 9.17) is 9.47 Å². The fourth-order valence-corrected chi connectivity index (χ4v) is 5.85. The summed E-state index contributed by atoms with van der Waals surface area (Å²) in [5, 5.41) is 4.99. The zero-order chi connectivity index (χ0) is 21.8. The van der Waals surface area contributed by atoms with E-state index < -0.39 is 10.0 Å². The molecule has 1 saturated heterocycles. The number of sulfonamides is 1. The summed E-state index contributed by atoms with van der Waals surface area (Å²) in [6.07, 6.45) is 0.762. The molecule has 0 aliphatic carbocycles. The number of hydrogen-bond acceptors (Lipinski definition) is 7. The molecule has 1 N–H and O–H groups in total.